The van der Waals surface area contributed by atoms with Crippen molar-refractivity contribution in [3.63, 3.8) is 0 Å². The van der Waals surface area contributed by atoms with Gasteiger partial charge >= 0.3 is 6.18 Å². The molecular weight excluding hydrogens is 332 g/mol. The van der Waals surface area contributed by atoms with Crippen LogP contribution in [-0.2, 0) is 11.6 Å². The Hall–Kier alpha value is -1.75. The number of halogens is 5. The quantitative estimate of drug-likeness (QED) is 0.557. The van der Waals surface area contributed by atoms with Gasteiger partial charge in [-0.3, -0.25) is 0 Å². The number of rotatable bonds is 2. The van der Waals surface area contributed by atoms with Crippen LogP contribution >= 0.6 is 11.6 Å². The van der Waals surface area contributed by atoms with Crippen molar-refractivity contribution in [2.75, 3.05) is 0 Å². The average molecular weight is 347 g/mol. The molecule has 124 valence electrons. The van der Waals surface area contributed by atoms with Crippen LogP contribution in [-0.4, -0.2) is 0 Å². The molecule has 0 bridgehead atoms. The lowest BCUT2D eigenvalue weighted by Crippen LogP contribution is -2.11. The summed E-state index contributed by atoms with van der Waals surface area (Å²) in [5.41, 5.74) is -0.708. The molecule has 6 heteroatoms. The van der Waals surface area contributed by atoms with E-state index in [4.69, 9.17) is 16.3 Å². The smallest absolute Gasteiger partial charge is 0.419 e. The van der Waals surface area contributed by atoms with Crippen LogP contribution < -0.4 is 4.74 Å². The predicted octanol–water partition coefficient (Wildman–Crippen LogP) is 6.59. The van der Waals surface area contributed by atoms with Gasteiger partial charge in [-0.15, -0.1) is 0 Å². The summed E-state index contributed by atoms with van der Waals surface area (Å²) >= 11 is 6.17. The lowest BCUT2D eigenvalue weighted by molar-refractivity contribution is -0.140. The monoisotopic (exact) mass is 346 g/mol. The summed E-state index contributed by atoms with van der Waals surface area (Å²) in [4.78, 5) is 0. The molecule has 0 aliphatic heterocycles. The molecule has 0 N–H and O–H groups in total. The van der Waals surface area contributed by atoms with Gasteiger partial charge in [0, 0.05) is 5.02 Å². The van der Waals surface area contributed by atoms with E-state index >= 15 is 0 Å². The van der Waals surface area contributed by atoms with Crippen molar-refractivity contribution in [1.82, 2.24) is 0 Å². The molecule has 2 aromatic rings. The fourth-order valence-corrected chi connectivity index (χ4v) is 2.56. The normalized spacial score (nSPS) is 12.3. The average Bonchev–Trinajstić information content (AvgIpc) is 2.38. The Labute approximate surface area is 136 Å². The molecule has 0 aromatic heterocycles. The van der Waals surface area contributed by atoms with Gasteiger partial charge in [0.1, 0.15) is 5.75 Å². The third kappa shape index (κ3) is 3.96. The third-order valence-corrected chi connectivity index (χ3v) is 3.56. The first-order valence-corrected chi connectivity index (χ1v) is 7.21. The Morgan fingerprint density at radius 2 is 1.61 bits per heavy atom. The van der Waals surface area contributed by atoms with Crippen LogP contribution in [0.2, 0.25) is 5.02 Å². The molecule has 0 heterocycles. The Morgan fingerprint density at radius 3 is 2.13 bits per heavy atom. The lowest BCUT2D eigenvalue weighted by atomic mass is 9.87. The molecule has 23 heavy (non-hydrogen) atoms. The van der Waals surface area contributed by atoms with Crippen molar-refractivity contribution in [1.29, 1.82) is 0 Å². The molecule has 0 aliphatic rings. The highest BCUT2D eigenvalue weighted by atomic mass is 35.5. The SMILES string of the molecule is CC(C)(C)c1ccc(Oc2cccc(C(F)(F)F)c2F)cc1Cl. The molecule has 0 spiro atoms. The van der Waals surface area contributed by atoms with Gasteiger partial charge in [0.15, 0.2) is 11.6 Å². The summed E-state index contributed by atoms with van der Waals surface area (Å²) in [6.45, 7) is 5.92. The topological polar surface area (TPSA) is 9.23 Å². The van der Waals surface area contributed by atoms with Crippen LogP contribution in [0.15, 0.2) is 36.4 Å². The Bertz CT molecular complexity index is 718. The number of hydrogen-bond acceptors (Lipinski definition) is 1. The molecule has 0 unspecified atom stereocenters. The van der Waals surface area contributed by atoms with Gasteiger partial charge in [0.25, 0.3) is 0 Å². The van der Waals surface area contributed by atoms with Crippen LogP contribution in [0, 0.1) is 5.82 Å². The molecule has 0 saturated carbocycles. The third-order valence-electron chi connectivity index (χ3n) is 3.25. The fraction of sp³-hybridized carbons (Fsp3) is 0.294. The Morgan fingerprint density at radius 1 is 0.957 bits per heavy atom. The van der Waals surface area contributed by atoms with Gasteiger partial charge in [-0.05, 0) is 35.2 Å². The molecule has 0 fully saturated rings. The van der Waals surface area contributed by atoms with E-state index in [1.165, 1.54) is 6.07 Å². The maximum atomic E-state index is 13.9. The van der Waals surface area contributed by atoms with E-state index in [0.717, 1.165) is 17.7 Å². The molecule has 2 aromatic carbocycles. The lowest BCUT2D eigenvalue weighted by Gasteiger charge is -2.21. The Kier molecular flexibility index (Phi) is 4.62. The van der Waals surface area contributed by atoms with E-state index in [9.17, 15) is 17.6 Å². The molecule has 2 rings (SSSR count). The first-order valence-electron chi connectivity index (χ1n) is 6.84. The van der Waals surface area contributed by atoms with Crippen molar-refractivity contribution in [3.8, 4) is 11.5 Å². The second-order valence-corrected chi connectivity index (χ2v) is 6.52. The van der Waals surface area contributed by atoms with E-state index in [-0.39, 0.29) is 11.2 Å². The summed E-state index contributed by atoms with van der Waals surface area (Å²) < 4.78 is 57.3. The molecule has 0 amide bonds. The zero-order chi connectivity index (χ0) is 17.4. The van der Waals surface area contributed by atoms with Gasteiger partial charge in [-0.1, -0.05) is 44.5 Å². The van der Waals surface area contributed by atoms with Gasteiger partial charge < -0.3 is 4.74 Å². The first-order chi connectivity index (χ1) is 10.5. The summed E-state index contributed by atoms with van der Waals surface area (Å²) in [6, 6.07) is 7.61. The number of hydrogen-bond donors (Lipinski definition) is 0. The van der Waals surface area contributed by atoms with Crippen molar-refractivity contribution in [2.45, 2.75) is 32.4 Å². The summed E-state index contributed by atoms with van der Waals surface area (Å²) in [5, 5.41) is 0.405. The van der Waals surface area contributed by atoms with Crippen LogP contribution in [0.4, 0.5) is 17.6 Å². The maximum absolute atomic E-state index is 13.9. The zero-order valence-corrected chi connectivity index (χ0v) is 13.5. The van der Waals surface area contributed by atoms with Crippen LogP contribution in [0.1, 0.15) is 31.9 Å². The van der Waals surface area contributed by atoms with Gasteiger partial charge in [0.2, 0.25) is 0 Å². The second-order valence-electron chi connectivity index (χ2n) is 6.11. The van der Waals surface area contributed by atoms with Crippen LogP contribution in [0.25, 0.3) is 0 Å². The van der Waals surface area contributed by atoms with Crippen LogP contribution in [0.5, 0.6) is 11.5 Å². The van der Waals surface area contributed by atoms with E-state index in [1.807, 2.05) is 20.8 Å². The van der Waals surface area contributed by atoms with Crippen molar-refractivity contribution in [2.24, 2.45) is 0 Å². The molecule has 0 aliphatic carbocycles. The van der Waals surface area contributed by atoms with Crippen molar-refractivity contribution in [3.05, 3.63) is 58.4 Å². The highest BCUT2D eigenvalue weighted by molar-refractivity contribution is 6.31. The highest BCUT2D eigenvalue weighted by Crippen LogP contribution is 2.37. The van der Waals surface area contributed by atoms with E-state index < -0.39 is 23.3 Å². The molecular formula is C17H15ClF4O. The van der Waals surface area contributed by atoms with Gasteiger partial charge in [-0.25, -0.2) is 4.39 Å². The summed E-state index contributed by atoms with van der Waals surface area (Å²) in [7, 11) is 0. The minimum absolute atomic E-state index is 0.168. The first kappa shape index (κ1) is 17.6. The zero-order valence-electron chi connectivity index (χ0n) is 12.8. The summed E-state index contributed by atoms with van der Waals surface area (Å²) in [6.07, 6.45) is -4.78. The van der Waals surface area contributed by atoms with Gasteiger partial charge in [-0.2, -0.15) is 13.2 Å². The predicted molar refractivity (Wildman–Crippen MR) is 81.6 cm³/mol. The summed E-state index contributed by atoms with van der Waals surface area (Å²) in [5.74, 6) is -1.78. The fourth-order valence-electron chi connectivity index (χ4n) is 2.10. The second kappa shape index (κ2) is 6.04. The van der Waals surface area contributed by atoms with Crippen LogP contribution in [0.3, 0.4) is 0 Å². The molecule has 0 radical (unpaired) electrons. The maximum Gasteiger partial charge on any atom is 0.419 e. The highest BCUT2D eigenvalue weighted by Gasteiger charge is 2.35. The molecule has 1 nitrogen and oxygen atoms in total. The largest absolute Gasteiger partial charge is 0.454 e. The van der Waals surface area contributed by atoms with Crippen molar-refractivity contribution < 1.29 is 22.3 Å². The standard InChI is InChI=1S/C17H15ClF4O/c1-16(2,3)11-8-7-10(9-13(11)18)23-14-6-4-5-12(15(14)19)17(20,21)22/h4-9H,1-3H3. The van der Waals surface area contributed by atoms with E-state index in [2.05, 4.69) is 0 Å². The number of alkyl halides is 3. The van der Waals surface area contributed by atoms with E-state index in [1.54, 1.807) is 12.1 Å². The number of ether oxygens (including phenoxy) is 1. The van der Waals surface area contributed by atoms with Crippen molar-refractivity contribution >= 4 is 11.6 Å². The van der Waals surface area contributed by atoms with E-state index in [0.29, 0.717) is 11.1 Å². The minimum Gasteiger partial charge on any atom is -0.454 e. The number of benzene rings is 2. The minimum atomic E-state index is -4.78. The van der Waals surface area contributed by atoms with Gasteiger partial charge in [0.05, 0.1) is 5.56 Å². The molecule has 0 atom stereocenters. The Balaban J connectivity index is 2.36. The molecule has 0 saturated heterocycles.